The Morgan fingerprint density at radius 1 is 1.00 bits per heavy atom. The fraction of sp³-hybridized carbons (Fsp3) is 0.368. The molecule has 1 atom stereocenters. The fourth-order valence-corrected chi connectivity index (χ4v) is 2.56. The molecule has 1 unspecified atom stereocenters. The zero-order valence-electron chi connectivity index (χ0n) is 12.8. The van der Waals surface area contributed by atoms with Gasteiger partial charge in [0, 0.05) is 0 Å². The van der Waals surface area contributed by atoms with E-state index in [9.17, 15) is 0 Å². The fourth-order valence-electron chi connectivity index (χ4n) is 2.56. The van der Waals surface area contributed by atoms with E-state index in [-0.39, 0.29) is 6.04 Å². The van der Waals surface area contributed by atoms with Gasteiger partial charge in [-0.25, -0.2) is 0 Å². The normalized spacial score (nSPS) is 12.4. The molecule has 0 radical (unpaired) electrons. The molecule has 2 aromatic rings. The highest BCUT2D eigenvalue weighted by molar-refractivity contribution is 5.40. The Labute approximate surface area is 122 Å². The minimum atomic E-state index is -0.0323. The van der Waals surface area contributed by atoms with Crippen LogP contribution in [0.2, 0.25) is 0 Å². The van der Waals surface area contributed by atoms with Crippen LogP contribution in [0.4, 0.5) is 0 Å². The van der Waals surface area contributed by atoms with E-state index in [1.54, 1.807) is 0 Å². The lowest BCUT2D eigenvalue weighted by molar-refractivity contribution is 0.792. The quantitative estimate of drug-likeness (QED) is 0.835. The molecular formula is C19H25N. The highest BCUT2D eigenvalue weighted by atomic mass is 14.6. The van der Waals surface area contributed by atoms with E-state index in [4.69, 9.17) is 5.73 Å². The first-order valence-corrected chi connectivity index (χ1v) is 7.54. The van der Waals surface area contributed by atoms with Crippen LogP contribution in [0.5, 0.6) is 0 Å². The maximum Gasteiger partial charge on any atom is 0.0554 e. The lowest BCUT2D eigenvalue weighted by Gasteiger charge is -2.17. The summed E-state index contributed by atoms with van der Waals surface area (Å²) in [6.45, 7) is 6.52. The van der Waals surface area contributed by atoms with Gasteiger partial charge in [-0.15, -0.1) is 0 Å². The molecule has 0 saturated carbocycles. The smallest absolute Gasteiger partial charge is 0.0554 e. The monoisotopic (exact) mass is 267 g/mol. The Hall–Kier alpha value is -1.60. The molecule has 0 spiro atoms. The van der Waals surface area contributed by atoms with E-state index in [1.807, 2.05) is 0 Å². The minimum absolute atomic E-state index is 0.0323. The van der Waals surface area contributed by atoms with Gasteiger partial charge in [0.15, 0.2) is 0 Å². The lowest BCUT2D eigenvalue weighted by Crippen LogP contribution is -2.13. The number of hydrogen-bond donors (Lipinski definition) is 1. The third-order valence-corrected chi connectivity index (χ3v) is 4.14. The second-order valence-corrected chi connectivity index (χ2v) is 5.61. The van der Waals surface area contributed by atoms with Gasteiger partial charge in [0.2, 0.25) is 0 Å². The number of benzene rings is 2. The van der Waals surface area contributed by atoms with Crippen LogP contribution in [-0.2, 0) is 6.42 Å². The van der Waals surface area contributed by atoms with Gasteiger partial charge in [0.05, 0.1) is 6.04 Å². The number of unbranched alkanes of at least 4 members (excludes halogenated alkanes) is 1. The van der Waals surface area contributed by atoms with Crippen molar-refractivity contribution in [3.8, 4) is 0 Å². The van der Waals surface area contributed by atoms with Gasteiger partial charge in [-0.05, 0) is 54.5 Å². The van der Waals surface area contributed by atoms with Gasteiger partial charge in [-0.1, -0.05) is 55.8 Å². The van der Waals surface area contributed by atoms with E-state index < -0.39 is 0 Å². The van der Waals surface area contributed by atoms with Gasteiger partial charge in [-0.2, -0.15) is 0 Å². The second-order valence-electron chi connectivity index (χ2n) is 5.61. The number of rotatable bonds is 5. The van der Waals surface area contributed by atoms with Crippen molar-refractivity contribution in [2.45, 2.75) is 46.1 Å². The third-order valence-electron chi connectivity index (χ3n) is 4.14. The zero-order chi connectivity index (χ0) is 14.5. The Morgan fingerprint density at radius 3 is 2.35 bits per heavy atom. The summed E-state index contributed by atoms with van der Waals surface area (Å²) in [4.78, 5) is 0. The van der Waals surface area contributed by atoms with Gasteiger partial charge >= 0.3 is 0 Å². The second kappa shape index (κ2) is 6.71. The number of nitrogens with two attached hydrogens (primary N) is 1. The third kappa shape index (κ3) is 3.29. The predicted molar refractivity (Wildman–Crippen MR) is 87.0 cm³/mol. The Bertz CT molecular complexity index is 554. The van der Waals surface area contributed by atoms with Crippen molar-refractivity contribution in [3.05, 3.63) is 70.3 Å². The summed E-state index contributed by atoms with van der Waals surface area (Å²) >= 11 is 0. The van der Waals surface area contributed by atoms with Crippen LogP contribution < -0.4 is 5.73 Å². The van der Waals surface area contributed by atoms with Crippen LogP contribution >= 0.6 is 0 Å². The summed E-state index contributed by atoms with van der Waals surface area (Å²) in [6, 6.07) is 15.1. The summed E-state index contributed by atoms with van der Waals surface area (Å²) < 4.78 is 0. The lowest BCUT2D eigenvalue weighted by atomic mass is 9.92. The molecule has 0 heterocycles. The molecule has 2 N–H and O–H groups in total. The van der Waals surface area contributed by atoms with Crippen LogP contribution in [0.3, 0.4) is 0 Å². The Kier molecular flexibility index (Phi) is 4.97. The average molecular weight is 267 g/mol. The van der Waals surface area contributed by atoms with Gasteiger partial charge in [0.1, 0.15) is 0 Å². The van der Waals surface area contributed by atoms with Crippen molar-refractivity contribution < 1.29 is 0 Å². The molecule has 0 fully saturated rings. The maximum absolute atomic E-state index is 6.44. The summed E-state index contributed by atoms with van der Waals surface area (Å²) in [7, 11) is 0. The van der Waals surface area contributed by atoms with E-state index in [1.165, 1.54) is 40.7 Å². The van der Waals surface area contributed by atoms with Crippen LogP contribution in [0, 0.1) is 13.8 Å². The summed E-state index contributed by atoms with van der Waals surface area (Å²) in [5, 5.41) is 0. The minimum Gasteiger partial charge on any atom is -0.320 e. The molecule has 0 aliphatic rings. The summed E-state index contributed by atoms with van der Waals surface area (Å²) in [5.74, 6) is 0. The van der Waals surface area contributed by atoms with Crippen LogP contribution in [0.25, 0.3) is 0 Å². The van der Waals surface area contributed by atoms with Crippen LogP contribution in [0.15, 0.2) is 42.5 Å². The number of aryl methyl sites for hydroxylation is 2. The average Bonchev–Trinajstić information content (AvgIpc) is 2.48. The highest BCUT2D eigenvalue weighted by Gasteiger charge is 2.12. The molecule has 2 rings (SSSR count). The molecule has 0 aromatic heterocycles. The van der Waals surface area contributed by atoms with E-state index >= 15 is 0 Å². The van der Waals surface area contributed by atoms with Crippen molar-refractivity contribution in [1.82, 2.24) is 0 Å². The van der Waals surface area contributed by atoms with Crippen molar-refractivity contribution in [2.24, 2.45) is 5.73 Å². The summed E-state index contributed by atoms with van der Waals surface area (Å²) in [6.07, 6.45) is 3.65. The number of hydrogen-bond acceptors (Lipinski definition) is 1. The van der Waals surface area contributed by atoms with E-state index in [2.05, 4.69) is 63.2 Å². The Balaban J connectivity index is 2.20. The predicted octanol–water partition coefficient (Wildman–Crippen LogP) is 4.69. The first kappa shape index (κ1) is 14.8. The summed E-state index contributed by atoms with van der Waals surface area (Å²) in [5.41, 5.74) is 12.9. The zero-order valence-corrected chi connectivity index (χ0v) is 12.8. The van der Waals surface area contributed by atoms with Crippen LogP contribution in [0.1, 0.15) is 53.6 Å². The molecule has 2 aromatic carbocycles. The Morgan fingerprint density at radius 2 is 1.70 bits per heavy atom. The van der Waals surface area contributed by atoms with Crippen molar-refractivity contribution >= 4 is 0 Å². The van der Waals surface area contributed by atoms with Crippen molar-refractivity contribution in [2.75, 3.05) is 0 Å². The first-order valence-electron chi connectivity index (χ1n) is 7.54. The molecule has 1 nitrogen and oxygen atoms in total. The topological polar surface area (TPSA) is 26.0 Å². The van der Waals surface area contributed by atoms with Crippen LogP contribution in [-0.4, -0.2) is 0 Å². The van der Waals surface area contributed by atoms with E-state index in [0.717, 1.165) is 6.42 Å². The standard InChI is InChI=1S/C19H25N/c1-4-5-8-16-10-12-17(13-11-16)19(20)18-9-6-7-14(2)15(18)3/h6-7,9-13,19H,4-5,8,20H2,1-3H3. The molecule has 0 aliphatic carbocycles. The molecule has 0 amide bonds. The maximum atomic E-state index is 6.44. The molecule has 0 aliphatic heterocycles. The van der Waals surface area contributed by atoms with Crippen molar-refractivity contribution in [1.29, 1.82) is 0 Å². The molecular weight excluding hydrogens is 242 g/mol. The van der Waals surface area contributed by atoms with Crippen molar-refractivity contribution in [3.63, 3.8) is 0 Å². The largest absolute Gasteiger partial charge is 0.320 e. The first-order chi connectivity index (χ1) is 9.63. The SMILES string of the molecule is CCCCc1ccc(C(N)c2cccc(C)c2C)cc1. The molecule has 0 saturated heterocycles. The van der Waals surface area contributed by atoms with Gasteiger partial charge in [-0.3, -0.25) is 0 Å². The molecule has 0 bridgehead atoms. The highest BCUT2D eigenvalue weighted by Crippen LogP contribution is 2.24. The van der Waals surface area contributed by atoms with E-state index in [0.29, 0.717) is 0 Å². The van der Waals surface area contributed by atoms with Gasteiger partial charge < -0.3 is 5.73 Å². The van der Waals surface area contributed by atoms with Gasteiger partial charge in [0.25, 0.3) is 0 Å². The molecule has 1 heteroatoms. The molecule has 20 heavy (non-hydrogen) atoms. The molecule has 106 valence electrons.